The van der Waals surface area contributed by atoms with Crippen LogP contribution in [0.2, 0.25) is 0 Å². The summed E-state index contributed by atoms with van der Waals surface area (Å²) in [4.78, 5) is 18.0. The lowest BCUT2D eigenvalue weighted by atomic mass is 9.87. The highest BCUT2D eigenvalue weighted by Crippen LogP contribution is 2.36. The third-order valence-electron chi connectivity index (χ3n) is 7.45. The first-order valence-electron chi connectivity index (χ1n) is 13.9. The lowest BCUT2D eigenvalue weighted by molar-refractivity contribution is 0.102. The number of furan rings is 1. The standard InChI is InChI=1S/C35H29N5O2/c1-35(2,3)23-16-14-22(15-17-23)33(41)37-24-8-6-9-25(20-24)38-34-39-30(21-26-18-19-36-40(26)34)29-12-7-11-28-27-10-4-5-13-31(27)42-32(28)29/h4-21H,1-3H3,(H,37,41)(H,38,39). The van der Waals surface area contributed by atoms with Gasteiger partial charge in [-0.15, -0.1) is 0 Å². The molecular weight excluding hydrogens is 522 g/mol. The number of nitrogens with zero attached hydrogens (tertiary/aromatic N) is 3. The van der Waals surface area contributed by atoms with E-state index in [1.165, 1.54) is 5.56 Å². The maximum Gasteiger partial charge on any atom is 0.255 e. The summed E-state index contributed by atoms with van der Waals surface area (Å²) < 4.78 is 8.03. The summed E-state index contributed by atoms with van der Waals surface area (Å²) in [7, 11) is 0. The first-order valence-corrected chi connectivity index (χ1v) is 13.9. The van der Waals surface area contributed by atoms with Crippen LogP contribution in [0.25, 0.3) is 38.7 Å². The summed E-state index contributed by atoms with van der Waals surface area (Å²) in [6.45, 7) is 6.46. The van der Waals surface area contributed by atoms with Crippen molar-refractivity contribution in [3.63, 3.8) is 0 Å². The monoisotopic (exact) mass is 551 g/mol. The van der Waals surface area contributed by atoms with Crippen LogP contribution in [-0.4, -0.2) is 20.5 Å². The second kappa shape index (κ2) is 9.89. The largest absolute Gasteiger partial charge is 0.455 e. The molecule has 3 aromatic heterocycles. The quantitative estimate of drug-likeness (QED) is 0.224. The van der Waals surface area contributed by atoms with Gasteiger partial charge < -0.3 is 15.1 Å². The Labute approximate surface area is 242 Å². The van der Waals surface area contributed by atoms with E-state index in [-0.39, 0.29) is 11.3 Å². The van der Waals surface area contributed by atoms with E-state index in [1.807, 2.05) is 91.0 Å². The summed E-state index contributed by atoms with van der Waals surface area (Å²) in [5.41, 5.74) is 7.43. The first-order chi connectivity index (χ1) is 20.3. The lowest BCUT2D eigenvalue weighted by Gasteiger charge is -2.19. The van der Waals surface area contributed by atoms with E-state index >= 15 is 0 Å². The van der Waals surface area contributed by atoms with Crippen molar-refractivity contribution in [1.82, 2.24) is 14.6 Å². The van der Waals surface area contributed by atoms with Crippen molar-refractivity contribution >= 4 is 50.7 Å². The molecule has 0 bridgehead atoms. The highest BCUT2D eigenvalue weighted by atomic mass is 16.3. The molecule has 2 N–H and O–H groups in total. The average Bonchev–Trinajstić information content (AvgIpc) is 3.62. The Balaban J connectivity index is 1.20. The molecule has 0 fully saturated rings. The fourth-order valence-electron chi connectivity index (χ4n) is 5.23. The Morgan fingerprint density at radius 3 is 2.40 bits per heavy atom. The zero-order chi connectivity index (χ0) is 28.8. The van der Waals surface area contributed by atoms with Crippen LogP contribution >= 0.6 is 0 Å². The number of benzene rings is 4. The maximum atomic E-state index is 13.0. The molecule has 7 rings (SSSR count). The van der Waals surface area contributed by atoms with Crippen molar-refractivity contribution in [3.8, 4) is 11.3 Å². The van der Waals surface area contributed by atoms with Crippen LogP contribution < -0.4 is 10.6 Å². The lowest BCUT2D eigenvalue weighted by Crippen LogP contribution is -2.14. The predicted molar refractivity (Wildman–Crippen MR) is 169 cm³/mol. The van der Waals surface area contributed by atoms with Gasteiger partial charge in [-0.1, -0.05) is 69.3 Å². The number of hydrogen-bond acceptors (Lipinski definition) is 5. The van der Waals surface area contributed by atoms with Crippen LogP contribution in [0.1, 0.15) is 36.7 Å². The van der Waals surface area contributed by atoms with Gasteiger partial charge in [0.15, 0.2) is 0 Å². The molecule has 0 saturated heterocycles. The molecule has 7 nitrogen and oxygen atoms in total. The van der Waals surface area contributed by atoms with Crippen LogP contribution in [0.4, 0.5) is 17.3 Å². The molecule has 42 heavy (non-hydrogen) atoms. The molecule has 3 heterocycles. The number of hydrogen-bond donors (Lipinski definition) is 2. The zero-order valence-electron chi connectivity index (χ0n) is 23.6. The van der Waals surface area contributed by atoms with E-state index in [1.54, 1.807) is 10.7 Å². The van der Waals surface area contributed by atoms with E-state index in [2.05, 4.69) is 48.6 Å². The molecule has 4 aromatic carbocycles. The summed E-state index contributed by atoms with van der Waals surface area (Å²) in [6.07, 6.45) is 1.75. The number of amides is 1. The van der Waals surface area contributed by atoms with Crippen LogP contribution in [0, 0.1) is 0 Å². The molecule has 0 atom stereocenters. The number of carbonyl (C=O) groups excluding carboxylic acids is 1. The van der Waals surface area contributed by atoms with Gasteiger partial charge in [0.2, 0.25) is 5.95 Å². The van der Waals surface area contributed by atoms with Crippen LogP contribution in [0.3, 0.4) is 0 Å². The molecule has 0 unspecified atom stereocenters. The minimum atomic E-state index is -0.166. The average molecular weight is 552 g/mol. The van der Waals surface area contributed by atoms with Crippen LogP contribution in [0.5, 0.6) is 0 Å². The van der Waals surface area contributed by atoms with Crippen molar-refractivity contribution in [2.45, 2.75) is 26.2 Å². The van der Waals surface area contributed by atoms with Gasteiger partial charge in [-0.25, -0.2) is 9.50 Å². The van der Waals surface area contributed by atoms with Gasteiger partial charge in [0.1, 0.15) is 11.2 Å². The topological polar surface area (TPSA) is 84.5 Å². The normalized spacial score (nSPS) is 11.8. The van der Waals surface area contributed by atoms with E-state index in [9.17, 15) is 4.79 Å². The molecule has 206 valence electrons. The Hall–Kier alpha value is -5.43. The van der Waals surface area contributed by atoms with Crippen molar-refractivity contribution in [1.29, 1.82) is 0 Å². The fourth-order valence-corrected chi connectivity index (χ4v) is 5.23. The number of aromatic nitrogens is 3. The molecule has 0 saturated carbocycles. The maximum absolute atomic E-state index is 13.0. The molecule has 1 amide bonds. The van der Waals surface area contributed by atoms with Crippen molar-refractivity contribution in [3.05, 3.63) is 120 Å². The van der Waals surface area contributed by atoms with Gasteiger partial charge in [-0.05, 0) is 65.6 Å². The Morgan fingerprint density at radius 1 is 0.810 bits per heavy atom. The minimum absolute atomic E-state index is 0.0267. The van der Waals surface area contributed by atoms with Gasteiger partial charge in [-0.2, -0.15) is 5.10 Å². The van der Waals surface area contributed by atoms with Gasteiger partial charge >= 0.3 is 0 Å². The molecule has 0 aliphatic heterocycles. The van der Waals surface area contributed by atoms with E-state index < -0.39 is 0 Å². The van der Waals surface area contributed by atoms with Crippen molar-refractivity contribution in [2.24, 2.45) is 0 Å². The number of fused-ring (bicyclic) bond motifs is 4. The number of nitrogens with one attached hydrogen (secondary N) is 2. The van der Waals surface area contributed by atoms with E-state index in [0.717, 1.165) is 44.4 Å². The molecule has 0 spiro atoms. The number of rotatable bonds is 5. The molecule has 0 aliphatic rings. The van der Waals surface area contributed by atoms with Gasteiger partial charge in [0.25, 0.3) is 5.91 Å². The first kappa shape index (κ1) is 25.5. The number of para-hydroxylation sites is 2. The van der Waals surface area contributed by atoms with Gasteiger partial charge in [-0.3, -0.25) is 4.79 Å². The smallest absolute Gasteiger partial charge is 0.255 e. The fraction of sp³-hybridized carbons (Fsp3) is 0.114. The van der Waals surface area contributed by atoms with Crippen molar-refractivity contribution in [2.75, 3.05) is 10.6 Å². The number of anilines is 3. The van der Waals surface area contributed by atoms with E-state index in [0.29, 0.717) is 17.2 Å². The SMILES string of the molecule is CC(C)(C)c1ccc(C(=O)Nc2cccc(Nc3nc(-c4cccc5c4oc4ccccc45)cc4ccnn34)c2)cc1. The molecule has 0 aliphatic carbocycles. The molecule has 0 radical (unpaired) electrons. The van der Waals surface area contributed by atoms with Gasteiger partial charge in [0, 0.05) is 33.3 Å². The highest BCUT2D eigenvalue weighted by Gasteiger charge is 2.17. The third kappa shape index (κ3) is 4.65. The predicted octanol–water partition coefficient (Wildman–Crippen LogP) is 8.59. The zero-order valence-corrected chi connectivity index (χ0v) is 23.6. The Bertz CT molecular complexity index is 2100. The minimum Gasteiger partial charge on any atom is -0.455 e. The summed E-state index contributed by atoms with van der Waals surface area (Å²) >= 11 is 0. The number of carbonyl (C=O) groups is 1. The van der Waals surface area contributed by atoms with E-state index in [4.69, 9.17) is 9.40 Å². The second-order valence-corrected chi connectivity index (χ2v) is 11.4. The summed E-state index contributed by atoms with van der Waals surface area (Å²) in [6, 6.07) is 33.4. The molecule has 7 aromatic rings. The molecular formula is C35H29N5O2. The Kier molecular flexibility index (Phi) is 6.01. The van der Waals surface area contributed by atoms with Crippen LogP contribution in [-0.2, 0) is 5.41 Å². The highest BCUT2D eigenvalue weighted by molar-refractivity contribution is 6.09. The summed E-state index contributed by atoms with van der Waals surface area (Å²) in [5.74, 6) is 0.378. The van der Waals surface area contributed by atoms with Crippen molar-refractivity contribution < 1.29 is 9.21 Å². The Morgan fingerprint density at radius 2 is 1.57 bits per heavy atom. The molecule has 7 heteroatoms. The third-order valence-corrected chi connectivity index (χ3v) is 7.45. The second-order valence-electron chi connectivity index (χ2n) is 11.4. The summed E-state index contributed by atoms with van der Waals surface area (Å²) in [5, 5.41) is 13.0. The van der Waals surface area contributed by atoms with Crippen LogP contribution in [0.15, 0.2) is 114 Å². The van der Waals surface area contributed by atoms with Gasteiger partial charge in [0.05, 0.1) is 17.4 Å².